The van der Waals surface area contributed by atoms with Gasteiger partial charge in [0.2, 0.25) is 0 Å². The molecule has 1 saturated heterocycles. The van der Waals surface area contributed by atoms with Crippen molar-refractivity contribution >= 4 is 16.9 Å². The summed E-state index contributed by atoms with van der Waals surface area (Å²) >= 11 is 0. The molecule has 1 aliphatic heterocycles. The molecule has 0 atom stereocenters. The maximum atomic E-state index is 12.7. The number of aromatic nitrogens is 3. The maximum absolute atomic E-state index is 12.7. The van der Waals surface area contributed by atoms with Crippen LogP contribution in [0.1, 0.15) is 27.4 Å². The second-order valence-electron chi connectivity index (χ2n) is 6.51. The number of aromatic amines is 1. The Bertz CT molecular complexity index is 886. The summed E-state index contributed by atoms with van der Waals surface area (Å²) in [6.07, 6.45) is 1.65. The van der Waals surface area contributed by atoms with Crippen molar-refractivity contribution in [2.45, 2.75) is 20.4 Å². The molecule has 3 heterocycles. The summed E-state index contributed by atoms with van der Waals surface area (Å²) in [5, 5.41) is 4.01. The third kappa shape index (κ3) is 3.02. The minimum Gasteiger partial charge on any atom is -0.361 e. The van der Waals surface area contributed by atoms with Crippen molar-refractivity contribution < 1.29 is 9.32 Å². The normalized spacial score (nSPS) is 15.8. The summed E-state index contributed by atoms with van der Waals surface area (Å²) in [5.74, 6) is 0.956. The first-order chi connectivity index (χ1) is 12.1. The van der Waals surface area contributed by atoms with Gasteiger partial charge in [0.05, 0.1) is 23.1 Å². The Balaban J connectivity index is 1.40. The topological polar surface area (TPSA) is 78.3 Å². The average Bonchev–Trinajstić information content (AvgIpc) is 3.22. The minimum absolute atomic E-state index is 0.0773. The average molecular weight is 339 g/mol. The lowest BCUT2D eigenvalue weighted by atomic mass is 10.1. The number of aryl methyl sites for hydroxylation is 2. The third-order valence-corrected chi connectivity index (χ3v) is 4.89. The van der Waals surface area contributed by atoms with Crippen LogP contribution in [-0.2, 0) is 6.54 Å². The molecule has 0 aliphatic carbocycles. The molecular formula is C18H21N5O2. The molecular weight excluding hydrogens is 318 g/mol. The Labute approximate surface area is 145 Å². The number of nitrogens with zero attached hydrogens (tertiary/aromatic N) is 4. The van der Waals surface area contributed by atoms with E-state index in [2.05, 4.69) is 20.0 Å². The van der Waals surface area contributed by atoms with E-state index in [1.807, 2.05) is 36.9 Å². The zero-order valence-corrected chi connectivity index (χ0v) is 14.5. The van der Waals surface area contributed by atoms with E-state index < -0.39 is 0 Å². The largest absolute Gasteiger partial charge is 0.361 e. The summed E-state index contributed by atoms with van der Waals surface area (Å²) in [6.45, 7) is 7.89. The van der Waals surface area contributed by atoms with Crippen molar-refractivity contribution in [1.82, 2.24) is 24.9 Å². The number of benzene rings is 1. The number of rotatable bonds is 3. The molecule has 7 nitrogen and oxygen atoms in total. The van der Waals surface area contributed by atoms with Crippen molar-refractivity contribution in [1.29, 1.82) is 0 Å². The fourth-order valence-electron chi connectivity index (χ4n) is 3.31. The van der Waals surface area contributed by atoms with Crippen LogP contribution in [0.15, 0.2) is 29.0 Å². The Hall–Kier alpha value is -2.67. The Kier molecular flexibility index (Phi) is 4.01. The lowest BCUT2D eigenvalue weighted by molar-refractivity contribution is 0.0627. The smallest absolute Gasteiger partial charge is 0.254 e. The highest BCUT2D eigenvalue weighted by Crippen LogP contribution is 2.18. The van der Waals surface area contributed by atoms with E-state index in [0.29, 0.717) is 5.56 Å². The van der Waals surface area contributed by atoms with E-state index in [4.69, 9.17) is 4.52 Å². The predicted molar refractivity (Wildman–Crippen MR) is 93.3 cm³/mol. The molecule has 2 aromatic heterocycles. The summed E-state index contributed by atoms with van der Waals surface area (Å²) in [7, 11) is 0. The van der Waals surface area contributed by atoms with E-state index in [1.165, 1.54) is 0 Å². The summed E-state index contributed by atoms with van der Waals surface area (Å²) in [6, 6.07) is 5.61. The molecule has 0 unspecified atom stereocenters. The van der Waals surface area contributed by atoms with Gasteiger partial charge in [0.15, 0.2) is 0 Å². The number of piperazine rings is 1. The van der Waals surface area contributed by atoms with Gasteiger partial charge in [-0.05, 0) is 32.0 Å². The third-order valence-electron chi connectivity index (χ3n) is 4.89. The first kappa shape index (κ1) is 15.8. The van der Waals surface area contributed by atoms with Crippen LogP contribution in [0.25, 0.3) is 11.0 Å². The van der Waals surface area contributed by atoms with Gasteiger partial charge in [0.1, 0.15) is 5.76 Å². The van der Waals surface area contributed by atoms with Gasteiger partial charge >= 0.3 is 0 Å². The zero-order chi connectivity index (χ0) is 17.4. The van der Waals surface area contributed by atoms with Crippen LogP contribution in [-0.4, -0.2) is 57.0 Å². The monoisotopic (exact) mass is 339 g/mol. The molecule has 7 heteroatoms. The molecule has 1 aromatic carbocycles. The van der Waals surface area contributed by atoms with Crippen LogP contribution in [0.5, 0.6) is 0 Å². The Morgan fingerprint density at radius 1 is 1.24 bits per heavy atom. The molecule has 0 radical (unpaired) electrons. The Morgan fingerprint density at radius 3 is 2.76 bits per heavy atom. The van der Waals surface area contributed by atoms with E-state index in [-0.39, 0.29) is 5.91 Å². The van der Waals surface area contributed by atoms with Crippen LogP contribution in [0.2, 0.25) is 0 Å². The number of H-pyrrole nitrogens is 1. The van der Waals surface area contributed by atoms with Crippen LogP contribution < -0.4 is 0 Å². The highest BCUT2D eigenvalue weighted by atomic mass is 16.5. The van der Waals surface area contributed by atoms with Gasteiger partial charge in [-0.25, -0.2) is 4.98 Å². The number of hydrogen-bond acceptors (Lipinski definition) is 5. The predicted octanol–water partition coefficient (Wildman–Crippen LogP) is 2.13. The van der Waals surface area contributed by atoms with E-state index in [1.54, 1.807) is 6.33 Å². The van der Waals surface area contributed by atoms with E-state index in [9.17, 15) is 4.79 Å². The molecule has 1 N–H and O–H groups in total. The number of carbonyl (C=O) groups excluding carboxylic acids is 1. The summed E-state index contributed by atoms with van der Waals surface area (Å²) in [5.41, 5.74) is 4.58. The molecule has 1 amide bonds. The molecule has 0 saturated carbocycles. The van der Waals surface area contributed by atoms with Crippen LogP contribution in [0.4, 0.5) is 0 Å². The second-order valence-corrected chi connectivity index (χ2v) is 6.51. The number of nitrogens with one attached hydrogen (secondary N) is 1. The van der Waals surface area contributed by atoms with Crippen molar-refractivity contribution in [3.8, 4) is 0 Å². The maximum Gasteiger partial charge on any atom is 0.254 e. The second kappa shape index (κ2) is 6.33. The van der Waals surface area contributed by atoms with Crippen molar-refractivity contribution in [2.75, 3.05) is 26.2 Å². The fraction of sp³-hybridized carbons (Fsp3) is 0.389. The first-order valence-corrected chi connectivity index (χ1v) is 8.48. The SMILES string of the molecule is Cc1noc(C)c1CN1CCN(C(=O)c2ccc3nc[nH]c3c2)CC1. The van der Waals surface area contributed by atoms with Gasteiger partial charge in [0, 0.05) is 43.9 Å². The van der Waals surface area contributed by atoms with Gasteiger partial charge in [-0.3, -0.25) is 9.69 Å². The van der Waals surface area contributed by atoms with Gasteiger partial charge < -0.3 is 14.4 Å². The summed E-state index contributed by atoms with van der Waals surface area (Å²) in [4.78, 5) is 24.3. The fourth-order valence-corrected chi connectivity index (χ4v) is 3.31. The van der Waals surface area contributed by atoms with Gasteiger partial charge in [-0.2, -0.15) is 0 Å². The molecule has 25 heavy (non-hydrogen) atoms. The Morgan fingerprint density at radius 2 is 2.04 bits per heavy atom. The molecule has 0 spiro atoms. The molecule has 3 aromatic rings. The molecule has 4 rings (SSSR count). The van der Waals surface area contributed by atoms with Gasteiger partial charge in [0.25, 0.3) is 5.91 Å². The van der Waals surface area contributed by atoms with Gasteiger partial charge in [-0.1, -0.05) is 5.16 Å². The van der Waals surface area contributed by atoms with Crippen LogP contribution in [0, 0.1) is 13.8 Å². The minimum atomic E-state index is 0.0773. The summed E-state index contributed by atoms with van der Waals surface area (Å²) < 4.78 is 5.23. The van der Waals surface area contributed by atoms with Crippen molar-refractivity contribution in [2.24, 2.45) is 0 Å². The zero-order valence-electron chi connectivity index (χ0n) is 14.5. The van der Waals surface area contributed by atoms with E-state index >= 15 is 0 Å². The number of imidazole rings is 1. The highest BCUT2D eigenvalue weighted by molar-refractivity contribution is 5.97. The van der Waals surface area contributed by atoms with Crippen LogP contribution in [0.3, 0.4) is 0 Å². The van der Waals surface area contributed by atoms with Crippen molar-refractivity contribution in [3.05, 3.63) is 47.1 Å². The van der Waals surface area contributed by atoms with Gasteiger partial charge in [-0.15, -0.1) is 0 Å². The highest BCUT2D eigenvalue weighted by Gasteiger charge is 2.23. The van der Waals surface area contributed by atoms with E-state index in [0.717, 1.165) is 60.8 Å². The molecule has 1 aliphatic rings. The molecule has 0 bridgehead atoms. The number of carbonyl (C=O) groups is 1. The quantitative estimate of drug-likeness (QED) is 0.791. The molecule has 1 fully saturated rings. The molecule has 130 valence electrons. The lowest BCUT2D eigenvalue weighted by Crippen LogP contribution is -2.48. The lowest BCUT2D eigenvalue weighted by Gasteiger charge is -2.34. The van der Waals surface area contributed by atoms with Crippen molar-refractivity contribution in [3.63, 3.8) is 0 Å². The number of amides is 1. The van der Waals surface area contributed by atoms with Crippen LogP contribution >= 0.6 is 0 Å². The number of hydrogen-bond donors (Lipinski definition) is 1. The first-order valence-electron chi connectivity index (χ1n) is 8.48. The standard InChI is InChI=1S/C18H21N5O2/c1-12-15(13(2)25-21-12)10-22-5-7-23(8-6-22)18(24)14-3-4-16-17(9-14)20-11-19-16/h3-4,9,11H,5-8,10H2,1-2H3,(H,19,20). The number of fused-ring (bicyclic) bond motifs is 1.